The normalized spacial score (nSPS) is 24.8. The second-order valence-electron chi connectivity index (χ2n) is 8.57. The summed E-state index contributed by atoms with van der Waals surface area (Å²) in [7, 11) is 0. The third-order valence-electron chi connectivity index (χ3n) is 6.64. The number of nitrogens with zero attached hydrogens (tertiary/aromatic N) is 4. The van der Waals surface area contributed by atoms with Gasteiger partial charge in [0.1, 0.15) is 5.65 Å². The van der Waals surface area contributed by atoms with Gasteiger partial charge >= 0.3 is 0 Å². The molecular weight excluding hydrogens is 374 g/mol. The van der Waals surface area contributed by atoms with E-state index in [9.17, 15) is 4.79 Å². The Hall–Kier alpha value is -3.17. The van der Waals surface area contributed by atoms with Crippen LogP contribution in [0, 0.1) is 23.2 Å². The molecule has 0 bridgehead atoms. The number of H-pyrrole nitrogens is 1. The van der Waals surface area contributed by atoms with Gasteiger partial charge in [-0.2, -0.15) is 5.26 Å². The molecule has 0 spiro atoms. The van der Waals surface area contributed by atoms with Crippen molar-refractivity contribution in [3.05, 3.63) is 64.7 Å². The fraction of sp³-hybridized carbons (Fsp3) is 0.375. The van der Waals surface area contributed by atoms with E-state index in [0.717, 1.165) is 54.6 Å². The van der Waals surface area contributed by atoms with Crippen LogP contribution in [0.2, 0.25) is 0 Å². The molecule has 30 heavy (non-hydrogen) atoms. The summed E-state index contributed by atoms with van der Waals surface area (Å²) in [6.45, 7) is 5.33. The van der Waals surface area contributed by atoms with E-state index in [2.05, 4.69) is 38.5 Å². The number of piperidine rings is 1. The van der Waals surface area contributed by atoms with Crippen LogP contribution in [0.3, 0.4) is 0 Å². The van der Waals surface area contributed by atoms with Crippen LogP contribution in [0.25, 0.3) is 21.9 Å². The number of hydrogen-bond acceptors (Lipinski definition) is 4. The van der Waals surface area contributed by atoms with Crippen LogP contribution in [-0.2, 0) is 0 Å². The van der Waals surface area contributed by atoms with Crippen molar-refractivity contribution in [2.75, 3.05) is 19.6 Å². The molecule has 0 aromatic carbocycles. The van der Waals surface area contributed by atoms with E-state index >= 15 is 0 Å². The zero-order chi connectivity index (χ0) is 20.7. The first-order valence-electron chi connectivity index (χ1n) is 10.6. The molecule has 1 fully saturated rings. The van der Waals surface area contributed by atoms with E-state index in [-0.39, 0.29) is 5.43 Å². The number of allylic oxidation sites excluding steroid dienone is 3. The summed E-state index contributed by atoms with van der Waals surface area (Å²) in [6, 6.07) is 6.20. The van der Waals surface area contributed by atoms with Crippen molar-refractivity contribution in [2.24, 2.45) is 11.8 Å². The smallest absolute Gasteiger partial charge is 0.190 e. The summed E-state index contributed by atoms with van der Waals surface area (Å²) in [5, 5.41) is 10.7. The molecule has 0 saturated carbocycles. The molecule has 4 heterocycles. The first-order valence-corrected chi connectivity index (χ1v) is 10.6. The number of nitrogens with one attached hydrogen (secondary N) is 1. The van der Waals surface area contributed by atoms with E-state index in [0.29, 0.717) is 23.3 Å². The molecular formula is C24H25N5O. The lowest BCUT2D eigenvalue weighted by molar-refractivity contribution is 0.124. The van der Waals surface area contributed by atoms with E-state index in [4.69, 9.17) is 5.26 Å². The van der Waals surface area contributed by atoms with Crippen molar-refractivity contribution < 1.29 is 0 Å². The van der Waals surface area contributed by atoms with E-state index in [1.807, 2.05) is 30.6 Å². The number of rotatable bonds is 3. The lowest BCUT2D eigenvalue weighted by atomic mass is 9.90. The van der Waals surface area contributed by atoms with Crippen LogP contribution in [-0.4, -0.2) is 39.1 Å². The highest BCUT2D eigenvalue weighted by Gasteiger charge is 2.29. The van der Waals surface area contributed by atoms with Crippen molar-refractivity contribution >= 4 is 21.9 Å². The molecule has 0 amide bonds. The number of aromatic amines is 1. The van der Waals surface area contributed by atoms with Crippen molar-refractivity contribution in [2.45, 2.75) is 25.8 Å². The van der Waals surface area contributed by atoms with E-state index < -0.39 is 0 Å². The van der Waals surface area contributed by atoms with Gasteiger partial charge < -0.3 is 14.5 Å². The van der Waals surface area contributed by atoms with Gasteiger partial charge in [-0.25, -0.2) is 4.98 Å². The van der Waals surface area contributed by atoms with Crippen LogP contribution in [0.5, 0.6) is 0 Å². The Labute approximate surface area is 175 Å². The third-order valence-corrected chi connectivity index (χ3v) is 6.64. The maximum Gasteiger partial charge on any atom is 0.190 e. The number of hydrogen-bond donors (Lipinski definition) is 1. The average molecular weight is 399 g/mol. The van der Waals surface area contributed by atoms with Gasteiger partial charge in [0.05, 0.1) is 17.0 Å². The molecule has 5 rings (SSSR count). The first-order chi connectivity index (χ1) is 14.6. The summed E-state index contributed by atoms with van der Waals surface area (Å²) < 4.78 is 2.30. The average Bonchev–Trinajstić information content (AvgIpc) is 3.25. The molecule has 1 aliphatic carbocycles. The molecule has 3 aromatic heterocycles. The zero-order valence-electron chi connectivity index (χ0n) is 17.1. The standard InChI is InChI=1S/C24H25N5O/c1-16-7-10-28(14-18-4-2-17(12-25)3-5-18)15-21(16)29-11-8-22(30)20-13-27-24-19(23(20)29)6-9-26-24/h2-4,6,8-9,11,13,16,18,21H,5,7,10,14-15H2,1H3,(H,26,27). The minimum Gasteiger partial charge on any atom is -0.346 e. The maximum absolute atomic E-state index is 12.5. The lowest BCUT2D eigenvalue weighted by Gasteiger charge is -2.40. The van der Waals surface area contributed by atoms with Gasteiger partial charge in [0.25, 0.3) is 0 Å². The lowest BCUT2D eigenvalue weighted by Crippen LogP contribution is -2.43. The Morgan fingerprint density at radius 1 is 1.33 bits per heavy atom. The molecule has 6 nitrogen and oxygen atoms in total. The molecule has 1 saturated heterocycles. The van der Waals surface area contributed by atoms with Crippen LogP contribution < -0.4 is 5.43 Å². The minimum absolute atomic E-state index is 0.0181. The Morgan fingerprint density at radius 2 is 2.23 bits per heavy atom. The van der Waals surface area contributed by atoms with Gasteiger partial charge in [-0.3, -0.25) is 4.79 Å². The number of aromatic nitrogens is 3. The summed E-state index contributed by atoms with van der Waals surface area (Å²) >= 11 is 0. The van der Waals surface area contributed by atoms with Crippen LogP contribution >= 0.6 is 0 Å². The Balaban J connectivity index is 1.47. The SMILES string of the molecule is CC1CCN(CC2C=CC(C#N)=CC2)CC1n1ccc(=O)c2cnc3[nH]ccc3c21. The highest BCUT2D eigenvalue weighted by Crippen LogP contribution is 2.32. The molecule has 1 N–H and O–H groups in total. The topological polar surface area (TPSA) is 77.7 Å². The second kappa shape index (κ2) is 7.58. The van der Waals surface area contributed by atoms with Gasteiger partial charge in [-0.1, -0.05) is 19.1 Å². The molecule has 152 valence electrons. The van der Waals surface area contributed by atoms with Gasteiger partial charge in [0.15, 0.2) is 5.43 Å². The highest BCUT2D eigenvalue weighted by atomic mass is 16.1. The highest BCUT2D eigenvalue weighted by molar-refractivity contribution is 6.02. The van der Waals surface area contributed by atoms with E-state index in [1.165, 1.54) is 0 Å². The maximum atomic E-state index is 12.5. The molecule has 0 radical (unpaired) electrons. The number of pyridine rings is 2. The number of fused-ring (bicyclic) bond motifs is 3. The predicted octanol–water partition coefficient (Wildman–Crippen LogP) is 3.79. The molecule has 2 aliphatic rings. The van der Waals surface area contributed by atoms with Crippen molar-refractivity contribution in [3.63, 3.8) is 0 Å². The Kier molecular flexibility index (Phi) is 4.76. The van der Waals surface area contributed by atoms with Crippen LogP contribution in [0.4, 0.5) is 0 Å². The summed E-state index contributed by atoms with van der Waals surface area (Å²) in [5.41, 5.74) is 2.58. The Morgan fingerprint density at radius 3 is 3.03 bits per heavy atom. The first kappa shape index (κ1) is 18.8. The predicted molar refractivity (Wildman–Crippen MR) is 118 cm³/mol. The largest absolute Gasteiger partial charge is 0.346 e. The molecule has 6 heteroatoms. The van der Waals surface area contributed by atoms with Gasteiger partial charge in [0, 0.05) is 54.7 Å². The fourth-order valence-electron chi connectivity index (χ4n) is 4.90. The minimum atomic E-state index is 0.0181. The van der Waals surface area contributed by atoms with Gasteiger partial charge in [-0.15, -0.1) is 0 Å². The number of likely N-dealkylation sites (tertiary alicyclic amines) is 1. The van der Waals surface area contributed by atoms with Crippen molar-refractivity contribution in [1.82, 2.24) is 19.4 Å². The fourth-order valence-corrected chi connectivity index (χ4v) is 4.90. The van der Waals surface area contributed by atoms with Crippen LogP contribution in [0.1, 0.15) is 25.8 Å². The summed E-state index contributed by atoms with van der Waals surface area (Å²) in [6.07, 6.45) is 13.8. The van der Waals surface area contributed by atoms with Gasteiger partial charge in [-0.05, 0) is 43.4 Å². The Bertz CT molecular complexity index is 1260. The molecule has 3 aromatic rings. The van der Waals surface area contributed by atoms with Crippen molar-refractivity contribution in [3.8, 4) is 6.07 Å². The summed E-state index contributed by atoms with van der Waals surface area (Å²) in [4.78, 5) is 22.7. The zero-order valence-corrected chi connectivity index (χ0v) is 17.1. The second-order valence-corrected chi connectivity index (χ2v) is 8.57. The van der Waals surface area contributed by atoms with Crippen LogP contribution in [0.15, 0.2) is 59.3 Å². The molecule has 3 unspecified atom stereocenters. The third kappa shape index (κ3) is 3.25. The number of nitriles is 1. The monoisotopic (exact) mass is 399 g/mol. The van der Waals surface area contributed by atoms with Crippen molar-refractivity contribution in [1.29, 1.82) is 5.26 Å². The molecule has 1 aliphatic heterocycles. The summed E-state index contributed by atoms with van der Waals surface area (Å²) in [5.74, 6) is 0.962. The van der Waals surface area contributed by atoms with E-state index in [1.54, 1.807) is 12.3 Å². The molecule has 3 atom stereocenters. The van der Waals surface area contributed by atoms with Gasteiger partial charge in [0.2, 0.25) is 0 Å². The quantitative estimate of drug-likeness (QED) is 0.727.